The van der Waals surface area contributed by atoms with Crippen LogP contribution < -0.4 is 19.1 Å². The number of hydrogen-bond acceptors (Lipinski definition) is 9. The molecule has 2 aromatic heterocycles. The maximum Gasteiger partial charge on any atom is 0.342 e. The van der Waals surface area contributed by atoms with Gasteiger partial charge in [-0.3, -0.25) is 0 Å². The average Bonchev–Trinajstić information content (AvgIpc) is 3.46. The van der Waals surface area contributed by atoms with Crippen LogP contribution in [0.15, 0.2) is 38.4 Å². The molecule has 3 heterocycles. The second-order valence-corrected chi connectivity index (χ2v) is 9.24. The molecule has 0 bridgehead atoms. The molecule has 10 nitrogen and oxygen atoms in total. The van der Waals surface area contributed by atoms with Crippen molar-refractivity contribution >= 4 is 50.6 Å². The van der Waals surface area contributed by atoms with Crippen LogP contribution in [0.1, 0.15) is 11.3 Å². The standard InChI is InChI=1S/C18H16ClN3O7S2/c1-10-16(19)17(29-20-10)22(18(24)21-31(25,26)12-3-5-30-8-12)13-7-15-14(27-9-28-15)6-11(13)2-4-23/h3,5-8,23H,2,4,9H2,1H3,(H,21,24). The summed E-state index contributed by atoms with van der Waals surface area (Å²) < 4.78 is 43.3. The van der Waals surface area contributed by atoms with Gasteiger partial charge in [-0.25, -0.2) is 22.8 Å². The van der Waals surface area contributed by atoms with Crippen molar-refractivity contribution in [3.05, 3.63) is 45.2 Å². The topological polar surface area (TPSA) is 131 Å². The van der Waals surface area contributed by atoms with E-state index in [2.05, 4.69) is 5.16 Å². The number of carbonyl (C=O) groups excluding carboxylic acids is 1. The number of benzene rings is 1. The number of aliphatic hydroxyl groups is 1. The third-order valence-corrected chi connectivity index (χ3v) is 6.99. The van der Waals surface area contributed by atoms with Crippen molar-refractivity contribution in [2.24, 2.45) is 0 Å². The zero-order valence-electron chi connectivity index (χ0n) is 16.0. The van der Waals surface area contributed by atoms with Crippen LogP contribution in [-0.2, 0) is 16.4 Å². The van der Waals surface area contributed by atoms with E-state index in [0.29, 0.717) is 22.8 Å². The number of anilines is 2. The van der Waals surface area contributed by atoms with E-state index in [1.54, 1.807) is 18.4 Å². The Hall–Kier alpha value is -2.80. The van der Waals surface area contributed by atoms with Crippen molar-refractivity contribution < 1.29 is 32.3 Å². The smallest absolute Gasteiger partial charge is 0.342 e. The average molecular weight is 486 g/mol. The quantitative estimate of drug-likeness (QED) is 0.544. The van der Waals surface area contributed by atoms with Gasteiger partial charge < -0.3 is 19.1 Å². The Labute approximate surface area is 186 Å². The molecule has 0 unspecified atom stereocenters. The second kappa shape index (κ2) is 8.38. The van der Waals surface area contributed by atoms with Crippen molar-refractivity contribution in [1.29, 1.82) is 0 Å². The number of nitrogens with zero attached hydrogens (tertiary/aromatic N) is 2. The molecule has 0 atom stereocenters. The minimum Gasteiger partial charge on any atom is -0.454 e. The Morgan fingerprint density at radius 2 is 2.10 bits per heavy atom. The summed E-state index contributed by atoms with van der Waals surface area (Å²) in [7, 11) is -4.16. The Morgan fingerprint density at radius 1 is 1.35 bits per heavy atom. The number of aryl methyl sites for hydroxylation is 1. The highest BCUT2D eigenvalue weighted by Gasteiger charge is 2.32. The van der Waals surface area contributed by atoms with Crippen molar-refractivity contribution in [1.82, 2.24) is 9.88 Å². The fourth-order valence-corrected chi connectivity index (χ4v) is 5.04. The summed E-state index contributed by atoms with van der Waals surface area (Å²) in [5.41, 5.74) is 0.967. The van der Waals surface area contributed by atoms with Gasteiger partial charge in [-0.2, -0.15) is 11.3 Å². The van der Waals surface area contributed by atoms with Gasteiger partial charge >= 0.3 is 6.03 Å². The van der Waals surface area contributed by atoms with Crippen molar-refractivity contribution in [2.75, 3.05) is 18.3 Å². The number of hydrogen-bond donors (Lipinski definition) is 2. The van der Waals surface area contributed by atoms with Crippen LogP contribution in [0.2, 0.25) is 5.02 Å². The molecular weight excluding hydrogens is 470 g/mol. The lowest BCUT2D eigenvalue weighted by Gasteiger charge is -2.23. The van der Waals surface area contributed by atoms with Gasteiger partial charge in [0.25, 0.3) is 15.9 Å². The summed E-state index contributed by atoms with van der Waals surface area (Å²) in [6.07, 6.45) is 0.137. The molecule has 4 rings (SSSR count). The van der Waals surface area contributed by atoms with Gasteiger partial charge in [0.15, 0.2) is 11.5 Å². The molecule has 13 heteroatoms. The number of ether oxygens (including phenoxy) is 2. The molecule has 31 heavy (non-hydrogen) atoms. The number of aromatic nitrogens is 1. The van der Waals surface area contributed by atoms with E-state index in [0.717, 1.165) is 4.90 Å². The summed E-state index contributed by atoms with van der Waals surface area (Å²) >= 11 is 7.46. The highest BCUT2D eigenvalue weighted by molar-refractivity contribution is 7.90. The van der Waals surface area contributed by atoms with Gasteiger partial charge in [-0.1, -0.05) is 16.8 Å². The monoisotopic (exact) mass is 485 g/mol. The maximum atomic E-state index is 13.2. The SMILES string of the molecule is Cc1noc(N(C(=O)NS(=O)(=O)c2ccsc2)c2cc3c(cc2CCO)OCO3)c1Cl. The van der Waals surface area contributed by atoms with E-state index >= 15 is 0 Å². The molecular formula is C18H16ClN3O7S2. The van der Waals surface area contributed by atoms with Gasteiger partial charge in [0.2, 0.25) is 6.79 Å². The number of carbonyl (C=O) groups is 1. The number of amides is 2. The Bertz CT molecular complexity index is 1230. The number of halogens is 1. The van der Waals surface area contributed by atoms with Crippen molar-refractivity contribution in [2.45, 2.75) is 18.2 Å². The summed E-state index contributed by atoms with van der Waals surface area (Å²) in [4.78, 5) is 14.1. The number of sulfonamides is 1. The molecule has 0 saturated carbocycles. The van der Waals surface area contributed by atoms with Crippen LogP contribution in [-0.4, -0.2) is 38.1 Å². The molecule has 164 valence electrons. The first-order chi connectivity index (χ1) is 14.8. The number of urea groups is 1. The lowest BCUT2D eigenvalue weighted by molar-refractivity contribution is 0.174. The molecule has 0 aliphatic carbocycles. The Balaban J connectivity index is 1.83. The first-order valence-corrected chi connectivity index (χ1v) is 11.7. The number of nitrogens with one attached hydrogen (secondary N) is 1. The molecule has 0 radical (unpaired) electrons. The van der Waals surface area contributed by atoms with Crippen LogP contribution in [0.25, 0.3) is 0 Å². The van der Waals surface area contributed by atoms with E-state index < -0.39 is 16.1 Å². The second-order valence-electron chi connectivity index (χ2n) is 6.40. The normalized spacial score (nSPS) is 12.7. The van der Waals surface area contributed by atoms with Gasteiger partial charge in [0, 0.05) is 18.1 Å². The van der Waals surface area contributed by atoms with Gasteiger partial charge in [0.05, 0.1) is 10.6 Å². The lowest BCUT2D eigenvalue weighted by Crippen LogP contribution is -2.40. The number of aliphatic hydroxyl groups excluding tert-OH is 1. The van der Waals surface area contributed by atoms with Crippen LogP contribution in [0.3, 0.4) is 0 Å². The number of fused-ring (bicyclic) bond motifs is 1. The first-order valence-electron chi connectivity index (χ1n) is 8.86. The molecule has 2 amide bonds. The summed E-state index contributed by atoms with van der Waals surface area (Å²) in [6, 6.07) is 3.40. The predicted molar refractivity (Wildman–Crippen MR) is 112 cm³/mol. The first kappa shape index (κ1) is 21.4. The molecule has 0 spiro atoms. The van der Waals surface area contributed by atoms with Crippen LogP contribution in [0.5, 0.6) is 11.5 Å². The van der Waals surface area contributed by atoms with E-state index in [1.165, 1.54) is 28.8 Å². The van der Waals surface area contributed by atoms with Crippen LogP contribution >= 0.6 is 22.9 Å². The Kier molecular flexibility index (Phi) is 5.79. The van der Waals surface area contributed by atoms with Gasteiger partial charge in [-0.15, -0.1) is 0 Å². The number of thiophene rings is 1. The summed E-state index contributed by atoms with van der Waals surface area (Å²) in [5, 5.41) is 16.3. The van der Waals surface area contributed by atoms with Gasteiger partial charge in [0.1, 0.15) is 10.7 Å². The molecule has 1 aliphatic heterocycles. The third-order valence-electron chi connectivity index (χ3n) is 4.40. The van der Waals surface area contributed by atoms with E-state index in [1.807, 2.05) is 4.72 Å². The molecule has 1 aromatic carbocycles. The highest BCUT2D eigenvalue weighted by Crippen LogP contribution is 2.43. The van der Waals surface area contributed by atoms with E-state index in [-0.39, 0.29) is 41.3 Å². The predicted octanol–water partition coefficient (Wildman–Crippen LogP) is 3.20. The van der Waals surface area contributed by atoms with Crippen molar-refractivity contribution in [3.8, 4) is 11.5 Å². The maximum absolute atomic E-state index is 13.2. The zero-order valence-corrected chi connectivity index (χ0v) is 18.4. The fraction of sp³-hybridized carbons (Fsp3) is 0.222. The minimum atomic E-state index is -4.16. The molecule has 2 N–H and O–H groups in total. The molecule has 1 aliphatic rings. The Morgan fingerprint density at radius 3 is 2.71 bits per heavy atom. The van der Waals surface area contributed by atoms with Crippen LogP contribution in [0.4, 0.5) is 16.4 Å². The van der Waals surface area contributed by atoms with Crippen LogP contribution in [0, 0.1) is 6.92 Å². The largest absolute Gasteiger partial charge is 0.454 e. The fourth-order valence-electron chi connectivity index (χ4n) is 2.92. The zero-order chi connectivity index (χ0) is 22.2. The van der Waals surface area contributed by atoms with Crippen molar-refractivity contribution in [3.63, 3.8) is 0 Å². The van der Waals surface area contributed by atoms with E-state index in [4.69, 9.17) is 25.6 Å². The third kappa shape index (κ3) is 4.06. The highest BCUT2D eigenvalue weighted by atomic mass is 35.5. The summed E-state index contributed by atoms with van der Waals surface area (Å²) in [5.74, 6) is 0.580. The molecule has 3 aromatic rings. The van der Waals surface area contributed by atoms with E-state index in [9.17, 15) is 18.3 Å². The molecule has 0 saturated heterocycles. The lowest BCUT2D eigenvalue weighted by atomic mass is 10.1. The van der Waals surface area contributed by atoms with Gasteiger partial charge in [-0.05, 0) is 36.4 Å². The number of rotatable bonds is 6. The minimum absolute atomic E-state index is 0.0156. The molecule has 0 fully saturated rings. The summed E-state index contributed by atoms with van der Waals surface area (Å²) in [6.45, 7) is 1.32.